The number of hydrogen-bond acceptors (Lipinski definition) is 2. The third-order valence-electron chi connectivity index (χ3n) is 4.90. The predicted molar refractivity (Wildman–Crippen MR) is 117 cm³/mol. The van der Waals surface area contributed by atoms with Gasteiger partial charge < -0.3 is 0 Å². The first-order chi connectivity index (χ1) is 13.4. The zero-order valence-electron chi connectivity index (χ0n) is 15.4. The molecular weight excluding hydrogens is 390 g/mol. The van der Waals surface area contributed by atoms with Crippen molar-refractivity contribution in [1.29, 1.82) is 0 Å². The van der Waals surface area contributed by atoms with Crippen LogP contribution in [0.25, 0.3) is 10.6 Å². The SMILES string of the molecule is CS(=O)(=O)Nc1ccc(C(Cl)=C2c3ccccc3CCc3ccccc32)cc1. The van der Waals surface area contributed by atoms with E-state index in [4.69, 9.17) is 11.6 Å². The number of aryl methyl sites for hydroxylation is 2. The summed E-state index contributed by atoms with van der Waals surface area (Å²) >= 11 is 6.94. The summed E-state index contributed by atoms with van der Waals surface area (Å²) in [5.41, 5.74) is 7.25. The maximum Gasteiger partial charge on any atom is 0.229 e. The molecule has 0 amide bonds. The molecule has 0 saturated heterocycles. The van der Waals surface area contributed by atoms with Gasteiger partial charge in [-0.3, -0.25) is 4.72 Å². The molecule has 0 fully saturated rings. The summed E-state index contributed by atoms with van der Waals surface area (Å²) in [5, 5.41) is 0.660. The molecule has 0 radical (unpaired) electrons. The Bertz CT molecular complexity index is 1120. The fraction of sp³-hybridized carbons (Fsp3) is 0.130. The summed E-state index contributed by atoms with van der Waals surface area (Å²) in [6.07, 6.45) is 3.07. The van der Waals surface area contributed by atoms with Crippen LogP contribution in [0.2, 0.25) is 0 Å². The highest BCUT2D eigenvalue weighted by molar-refractivity contribution is 7.92. The molecule has 1 aliphatic rings. The smallest absolute Gasteiger partial charge is 0.229 e. The lowest BCUT2D eigenvalue weighted by molar-refractivity contribution is 0.607. The van der Waals surface area contributed by atoms with E-state index >= 15 is 0 Å². The molecule has 0 atom stereocenters. The number of rotatable bonds is 3. The van der Waals surface area contributed by atoms with Gasteiger partial charge in [-0.05, 0) is 52.8 Å². The second kappa shape index (κ2) is 7.46. The van der Waals surface area contributed by atoms with Crippen LogP contribution in [0.15, 0.2) is 72.8 Å². The minimum atomic E-state index is -3.31. The van der Waals surface area contributed by atoms with Gasteiger partial charge in [-0.25, -0.2) is 8.42 Å². The van der Waals surface area contributed by atoms with Gasteiger partial charge in [0.1, 0.15) is 0 Å². The Kier molecular flexibility index (Phi) is 5.00. The number of halogens is 1. The molecule has 3 nitrogen and oxygen atoms in total. The molecule has 0 bridgehead atoms. The molecule has 1 aliphatic carbocycles. The van der Waals surface area contributed by atoms with Crippen molar-refractivity contribution in [2.24, 2.45) is 0 Å². The van der Waals surface area contributed by atoms with Gasteiger partial charge in [0, 0.05) is 11.3 Å². The van der Waals surface area contributed by atoms with E-state index in [1.54, 1.807) is 12.1 Å². The number of sulfonamides is 1. The van der Waals surface area contributed by atoms with Crippen LogP contribution in [-0.4, -0.2) is 14.7 Å². The Morgan fingerprint density at radius 3 is 1.82 bits per heavy atom. The molecule has 3 aromatic carbocycles. The van der Waals surface area contributed by atoms with E-state index in [9.17, 15) is 8.42 Å². The van der Waals surface area contributed by atoms with Crippen molar-refractivity contribution < 1.29 is 8.42 Å². The van der Waals surface area contributed by atoms with Crippen molar-refractivity contribution in [3.63, 3.8) is 0 Å². The van der Waals surface area contributed by atoms with Crippen LogP contribution < -0.4 is 4.72 Å². The molecule has 4 rings (SSSR count). The Morgan fingerprint density at radius 2 is 1.32 bits per heavy atom. The summed E-state index contributed by atoms with van der Waals surface area (Å²) in [7, 11) is -3.31. The van der Waals surface area contributed by atoms with Gasteiger partial charge >= 0.3 is 0 Å². The Hall–Kier alpha value is -2.56. The Labute approximate surface area is 170 Å². The van der Waals surface area contributed by atoms with E-state index in [0.717, 1.165) is 41.4 Å². The van der Waals surface area contributed by atoms with Crippen molar-refractivity contribution in [1.82, 2.24) is 0 Å². The van der Waals surface area contributed by atoms with Crippen LogP contribution in [0.5, 0.6) is 0 Å². The summed E-state index contributed by atoms with van der Waals surface area (Å²) in [6.45, 7) is 0. The van der Waals surface area contributed by atoms with Crippen LogP contribution in [0, 0.1) is 0 Å². The number of anilines is 1. The summed E-state index contributed by atoms with van der Waals surface area (Å²) < 4.78 is 25.3. The summed E-state index contributed by atoms with van der Waals surface area (Å²) in [5.74, 6) is 0. The molecule has 3 aromatic rings. The van der Waals surface area contributed by atoms with Gasteiger partial charge in [0.05, 0.1) is 11.3 Å². The van der Waals surface area contributed by atoms with Gasteiger partial charge in [-0.15, -0.1) is 0 Å². The Morgan fingerprint density at radius 1 is 0.821 bits per heavy atom. The molecule has 142 valence electrons. The third kappa shape index (κ3) is 3.84. The molecule has 0 aromatic heterocycles. The molecule has 0 unspecified atom stereocenters. The lowest BCUT2D eigenvalue weighted by Gasteiger charge is -2.15. The molecular formula is C23H20ClNO2S. The molecule has 0 heterocycles. The first-order valence-corrected chi connectivity index (χ1v) is 11.3. The second-order valence-corrected chi connectivity index (χ2v) is 9.08. The average molecular weight is 410 g/mol. The van der Waals surface area contributed by atoms with E-state index in [1.807, 2.05) is 24.3 Å². The molecule has 1 N–H and O–H groups in total. The quantitative estimate of drug-likeness (QED) is 0.637. The van der Waals surface area contributed by atoms with Gasteiger partial charge in [0.15, 0.2) is 0 Å². The van der Waals surface area contributed by atoms with Crippen molar-refractivity contribution in [2.45, 2.75) is 12.8 Å². The second-order valence-electron chi connectivity index (χ2n) is 6.95. The van der Waals surface area contributed by atoms with E-state index in [0.29, 0.717) is 10.7 Å². The monoisotopic (exact) mass is 409 g/mol. The predicted octanol–water partition coefficient (Wildman–Crippen LogP) is 5.31. The van der Waals surface area contributed by atoms with Crippen molar-refractivity contribution in [3.05, 3.63) is 101 Å². The van der Waals surface area contributed by atoms with Crippen LogP contribution in [0.1, 0.15) is 27.8 Å². The van der Waals surface area contributed by atoms with Crippen molar-refractivity contribution >= 4 is 37.9 Å². The lowest BCUT2D eigenvalue weighted by atomic mass is 9.92. The van der Waals surface area contributed by atoms with Gasteiger partial charge in [0.25, 0.3) is 0 Å². The highest BCUT2D eigenvalue weighted by atomic mass is 35.5. The molecule has 0 aliphatic heterocycles. The van der Waals surface area contributed by atoms with Crippen molar-refractivity contribution in [3.8, 4) is 0 Å². The van der Waals surface area contributed by atoms with E-state index in [-0.39, 0.29) is 0 Å². The fourth-order valence-electron chi connectivity index (χ4n) is 3.66. The number of hydrogen-bond donors (Lipinski definition) is 1. The first kappa shape index (κ1) is 18.8. The topological polar surface area (TPSA) is 46.2 Å². The maximum absolute atomic E-state index is 11.4. The summed E-state index contributed by atoms with van der Waals surface area (Å²) in [4.78, 5) is 0. The number of benzene rings is 3. The van der Waals surface area contributed by atoms with E-state index in [1.165, 1.54) is 11.1 Å². The van der Waals surface area contributed by atoms with Crippen LogP contribution in [0.4, 0.5) is 5.69 Å². The zero-order chi connectivity index (χ0) is 19.7. The average Bonchev–Trinajstić information content (AvgIpc) is 2.84. The first-order valence-electron chi connectivity index (χ1n) is 9.07. The number of fused-ring (bicyclic) bond motifs is 2. The molecule has 28 heavy (non-hydrogen) atoms. The van der Waals surface area contributed by atoms with Crippen LogP contribution in [0.3, 0.4) is 0 Å². The summed E-state index contributed by atoms with van der Waals surface area (Å²) in [6, 6.07) is 23.9. The standard InChI is InChI=1S/C23H20ClNO2S/c1-28(26,27)25-19-14-12-18(13-15-19)23(24)22-20-8-4-2-6-16(20)10-11-17-7-3-5-9-21(17)22/h2-9,12-15,25H,10-11H2,1H3. The molecule has 0 spiro atoms. The zero-order valence-corrected chi connectivity index (χ0v) is 17.0. The van der Waals surface area contributed by atoms with Crippen molar-refractivity contribution in [2.75, 3.05) is 11.0 Å². The normalized spacial score (nSPS) is 13.3. The lowest BCUT2D eigenvalue weighted by Crippen LogP contribution is -2.09. The number of nitrogens with one attached hydrogen (secondary N) is 1. The highest BCUT2D eigenvalue weighted by Gasteiger charge is 2.21. The van der Waals surface area contributed by atoms with Crippen LogP contribution in [-0.2, 0) is 22.9 Å². The van der Waals surface area contributed by atoms with E-state index in [2.05, 4.69) is 41.1 Å². The largest absolute Gasteiger partial charge is 0.284 e. The third-order valence-corrected chi connectivity index (χ3v) is 5.91. The minimum Gasteiger partial charge on any atom is -0.284 e. The van der Waals surface area contributed by atoms with Crippen LogP contribution >= 0.6 is 11.6 Å². The van der Waals surface area contributed by atoms with Gasteiger partial charge in [-0.2, -0.15) is 0 Å². The maximum atomic E-state index is 11.4. The highest BCUT2D eigenvalue weighted by Crippen LogP contribution is 2.40. The molecule has 5 heteroatoms. The van der Waals surface area contributed by atoms with E-state index < -0.39 is 10.0 Å². The van der Waals surface area contributed by atoms with Gasteiger partial charge in [-0.1, -0.05) is 72.3 Å². The van der Waals surface area contributed by atoms with Gasteiger partial charge in [0.2, 0.25) is 10.0 Å². The fourth-order valence-corrected chi connectivity index (χ4v) is 4.55. The Balaban J connectivity index is 1.88. The minimum absolute atomic E-state index is 0.516. The molecule has 0 saturated carbocycles.